The lowest BCUT2D eigenvalue weighted by atomic mass is 9.98. The van der Waals surface area contributed by atoms with E-state index in [-0.39, 0.29) is 24.5 Å². The Hall–Kier alpha value is -1.92. The molecule has 1 aromatic carbocycles. The average Bonchev–Trinajstić information content (AvgIpc) is 3.27. The largest absolute Gasteiger partial charge is 0.356 e. The number of nitrogens with zero attached hydrogens (tertiary/aromatic N) is 2. The van der Waals surface area contributed by atoms with Crippen LogP contribution in [-0.4, -0.2) is 67.6 Å². The Morgan fingerprint density at radius 2 is 1.61 bits per heavy atom. The molecule has 2 saturated carbocycles. The first kappa shape index (κ1) is 19.4. The maximum Gasteiger partial charge on any atom is 0.254 e. The standard InChI is InChI=1S/C22H31N3O3/c1-24(2)17-9-15-11-18(12-16(15)10-17)25(3)22(27)21-20(23-19(26)13-28-21)14-7-5-4-6-8-14/h4-8,15-18,20-21H,9-13H2,1-3H3,(H,23,26)/t15-,16+,17?,18?,20-,21+/m1/s1. The van der Waals surface area contributed by atoms with E-state index < -0.39 is 12.1 Å². The van der Waals surface area contributed by atoms with E-state index in [0.717, 1.165) is 18.4 Å². The number of nitrogens with one attached hydrogen (secondary N) is 1. The highest BCUT2D eigenvalue weighted by atomic mass is 16.5. The van der Waals surface area contributed by atoms with Gasteiger partial charge in [0, 0.05) is 19.1 Å². The SMILES string of the molecule is CN(C)C1C[C@@H]2CC(N(C)C(=O)[C@H]3OCC(=O)N[C@@H]3c3ccccc3)C[C@@H]2C1. The average molecular weight is 386 g/mol. The van der Waals surface area contributed by atoms with Crippen molar-refractivity contribution < 1.29 is 14.3 Å². The van der Waals surface area contributed by atoms with Crippen molar-refractivity contribution in [3.8, 4) is 0 Å². The number of carbonyl (C=O) groups excluding carboxylic acids is 2. The molecule has 3 fully saturated rings. The van der Waals surface area contributed by atoms with E-state index in [1.165, 1.54) is 12.8 Å². The van der Waals surface area contributed by atoms with Crippen LogP contribution in [0.5, 0.6) is 0 Å². The molecule has 1 N–H and O–H groups in total. The molecule has 1 saturated heterocycles. The van der Waals surface area contributed by atoms with E-state index >= 15 is 0 Å². The normalized spacial score (nSPS) is 34.9. The van der Waals surface area contributed by atoms with Crippen molar-refractivity contribution >= 4 is 11.8 Å². The van der Waals surface area contributed by atoms with Gasteiger partial charge in [-0.15, -0.1) is 0 Å². The van der Waals surface area contributed by atoms with Gasteiger partial charge in [0.1, 0.15) is 6.61 Å². The number of hydrogen-bond donors (Lipinski definition) is 1. The van der Waals surface area contributed by atoms with E-state index in [2.05, 4.69) is 24.3 Å². The van der Waals surface area contributed by atoms with Gasteiger partial charge in [-0.3, -0.25) is 9.59 Å². The summed E-state index contributed by atoms with van der Waals surface area (Å²) in [4.78, 5) is 29.4. The summed E-state index contributed by atoms with van der Waals surface area (Å²) in [6, 6.07) is 10.1. The predicted molar refractivity (Wildman–Crippen MR) is 107 cm³/mol. The molecule has 0 spiro atoms. The number of likely N-dealkylation sites (N-methyl/N-ethyl adjacent to an activating group) is 1. The number of fused-ring (bicyclic) bond motifs is 1. The van der Waals surface area contributed by atoms with Crippen LogP contribution in [0.4, 0.5) is 0 Å². The third-order valence-corrected chi connectivity index (χ3v) is 7.01. The van der Waals surface area contributed by atoms with Gasteiger partial charge >= 0.3 is 0 Å². The van der Waals surface area contributed by atoms with Gasteiger partial charge in [-0.1, -0.05) is 30.3 Å². The van der Waals surface area contributed by atoms with Crippen LogP contribution in [0.2, 0.25) is 0 Å². The molecule has 1 heterocycles. The van der Waals surface area contributed by atoms with Crippen LogP contribution in [0, 0.1) is 11.8 Å². The monoisotopic (exact) mass is 385 g/mol. The van der Waals surface area contributed by atoms with Gasteiger partial charge < -0.3 is 19.9 Å². The smallest absolute Gasteiger partial charge is 0.254 e. The lowest BCUT2D eigenvalue weighted by Gasteiger charge is -2.36. The van der Waals surface area contributed by atoms with Crippen LogP contribution in [0.25, 0.3) is 0 Å². The zero-order valence-electron chi connectivity index (χ0n) is 17.0. The van der Waals surface area contributed by atoms with Gasteiger partial charge in [-0.05, 0) is 57.2 Å². The number of carbonyl (C=O) groups is 2. The maximum atomic E-state index is 13.3. The van der Waals surface area contributed by atoms with Crippen molar-refractivity contribution in [2.24, 2.45) is 11.8 Å². The molecule has 2 amide bonds. The van der Waals surface area contributed by atoms with Crippen molar-refractivity contribution in [2.75, 3.05) is 27.7 Å². The minimum atomic E-state index is -0.667. The number of rotatable bonds is 4. The summed E-state index contributed by atoms with van der Waals surface area (Å²) in [7, 11) is 6.23. The number of hydrogen-bond acceptors (Lipinski definition) is 4. The minimum absolute atomic E-state index is 0.0250. The molecule has 28 heavy (non-hydrogen) atoms. The first-order valence-electron chi connectivity index (χ1n) is 10.3. The Kier molecular flexibility index (Phi) is 5.43. The molecule has 6 heteroatoms. The van der Waals surface area contributed by atoms with Gasteiger partial charge in [0.2, 0.25) is 5.91 Å². The third-order valence-electron chi connectivity index (χ3n) is 7.01. The molecule has 6 nitrogen and oxygen atoms in total. The number of amides is 2. The second-order valence-electron chi connectivity index (χ2n) is 8.87. The molecule has 6 atom stereocenters. The summed E-state index contributed by atoms with van der Waals surface area (Å²) >= 11 is 0. The molecular weight excluding hydrogens is 354 g/mol. The summed E-state index contributed by atoms with van der Waals surface area (Å²) in [5.74, 6) is 1.22. The zero-order valence-corrected chi connectivity index (χ0v) is 17.0. The molecule has 152 valence electrons. The fourth-order valence-corrected chi connectivity index (χ4v) is 5.36. The Morgan fingerprint density at radius 1 is 1.00 bits per heavy atom. The van der Waals surface area contributed by atoms with Gasteiger partial charge in [-0.2, -0.15) is 0 Å². The Labute approximate surface area is 167 Å². The molecule has 4 rings (SSSR count). The number of morpholine rings is 1. The lowest BCUT2D eigenvalue weighted by Crippen LogP contribution is -2.54. The third kappa shape index (κ3) is 3.67. The van der Waals surface area contributed by atoms with Gasteiger partial charge in [0.05, 0.1) is 6.04 Å². The molecule has 0 radical (unpaired) electrons. The first-order chi connectivity index (χ1) is 13.4. The van der Waals surface area contributed by atoms with E-state index in [1.54, 1.807) is 0 Å². The Morgan fingerprint density at radius 3 is 2.21 bits per heavy atom. The quantitative estimate of drug-likeness (QED) is 0.859. The van der Waals surface area contributed by atoms with Crippen molar-refractivity contribution in [3.05, 3.63) is 35.9 Å². The van der Waals surface area contributed by atoms with E-state index in [1.807, 2.05) is 42.3 Å². The Balaban J connectivity index is 1.44. The van der Waals surface area contributed by atoms with E-state index in [0.29, 0.717) is 17.9 Å². The van der Waals surface area contributed by atoms with Crippen molar-refractivity contribution in [3.63, 3.8) is 0 Å². The van der Waals surface area contributed by atoms with Crippen LogP contribution in [-0.2, 0) is 14.3 Å². The Bertz CT molecular complexity index is 709. The summed E-state index contributed by atoms with van der Waals surface area (Å²) in [6.45, 7) is -0.0615. The highest BCUT2D eigenvalue weighted by Crippen LogP contribution is 2.46. The molecule has 0 bridgehead atoms. The van der Waals surface area contributed by atoms with Gasteiger partial charge in [-0.25, -0.2) is 0 Å². The predicted octanol–water partition coefficient (Wildman–Crippen LogP) is 1.82. The summed E-state index contributed by atoms with van der Waals surface area (Å²) in [5.41, 5.74) is 0.902. The van der Waals surface area contributed by atoms with Gasteiger partial charge in [0.15, 0.2) is 6.10 Å². The highest BCUT2D eigenvalue weighted by molar-refractivity contribution is 5.86. The van der Waals surface area contributed by atoms with Gasteiger partial charge in [0.25, 0.3) is 5.91 Å². The molecule has 2 aliphatic carbocycles. The first-order valence-corrected chi connectivity index (χ1v) is 10.3. The van der Waals surface area contributed by atoms with Crippen LogP contribution in [0.1, 0.15) is 37.3 Å². The lowest BCUT2D eigenvalue weighted by molar-refractivity contribution is -0.155. The van der Waals surface area contributed by atoms with Crippen molar-refractivity contribution in [1.29, 1.82) is 0 Å². The van der Waals surface area contributed by atoms with E-state index in [4.69, 9.17) is 4.74 Å². The molecule has 2 unspecified atom stereocenters. The fourth-order valence-electron chi connectivity index (χ4n) is 5.36. The summed E-state index contributed by atoms with van der Waals surface area (Å²) < 4.78 is 5.73. The second kappa shape index (κ2) is 7.84. The van der Waals surface area contributed by atoms with Crippen molar-refractivity contribution in [1.82, 2.24) is 15.1 Å². The number of ether oxygens (including phenoxy) is 1. The molecular formula is C22H31N3O3. The van der Waals surface area contributed by atoms with Crippen LogP contribution in [0.15, 0.2) is 30.3 Å². The molecule has 1 aromatic rings. The molecule has 0 aromatic heterocycles. The fraction of sp³-hybridized carbons (Fsp3) is 0.636. The topological polar surface area (TPSA) is 61.9 Å². The zero-order chi connectivity index (χ0) is 19.8. The van der Waals surface area contributed by atoms with Crippen molar-refractivity contribution in [2.45, 2.75) is 49.9 Å². The highest BCUT2D eigenvalue weighted by Gasteiger charge is 2.46. The minimum Gasteiger partial charge on any atom is -0.356 e. The summed E-state index contributed by atoms with van der Waals surface area (Å²) in [5, 5.41) is 2.95. The van der Waals surface area contributed by atoms with E-state index in [9.17, 15) is 9.59 Å². The van der Waals surface area contributed by atoms with Crippen LogP contribution >= 0.6 is 0 Å². The number of benzene rings is 1. The van der Waals surface area contributed by atoms with Crippen LogP contribution in [0.3, 0.4) is 0 Å². The maximum absolute atomic E-state index is 13.3. The molecule has 3 aliphatic rings. The molecule has 1 aliphatic heterocycles. The van der Waals surface area contributed by atoms with Crippen LogP contribution < -0.4 is 5.32 Å². The second-order valence-corrected chi connectivity index (χ2v) is 8.87. The summed E-state index contributed by atoms with van der Waals surface area (Å²) in [6.07, 6.45) is 3.95.